The highest BCUT2D eigenvalue weighted by atomic mass is 19.1. The Morgan fingerprint density at radius 3 is 2.92 bits per heavy atom. The van der Waals surface area contributed by atoms with Crippen molar-refractivity contribution in [3.63, 3.8) is 0 Å². The van der Waals surface area contributed by atoms with Gasteiger partial charge in [-0.05, 0) is 43.0 Å². The number of hydrogen-bond acceptors (Lipinski definition) is 7. The third-order valence-corrected chi connectivity index (χ3v) is 7.20. The van der Waals surface area contributed by atoms with E-state index in [2.05, 4.69) is 33.0 Å². The van der Waals surface area contributed by atoms with Crippen LogP contribution in [-0.4, -0.2) is 60.9 Å². The summed E-state index contributed by atoms with van der Waals surface area (Å²) in [5.41, 5.74) is 1.51. The first-order valence-electron chi connectivity index (χ1n) is 12.4. The van der Waals surface area contributed by atoms with Crippen molar-refractivity contribution >= 4 is 22.4 Å². The van der Waals surface area contributed by atoms with Crippen molar-refractivity contribution in [2.45, 2.75) is 25.9 Å². The molecule has 3 aromatic rings. The number of aromatic nitrogens is 2. The number of benzene rings is 2. The Labute approximate surface area is 211 Å². The maximum Gasteiger partial charge on any atom is 0.162 e. The normalized spacial score (nSPS) is 21.7. The molecule has 0 spiro atoms. The molecule has 8 heteroatoms. The number of halogens is 1. The summed E-state index contributed by atoms with van der Waals surface area (Å²) in [5, 5.41) is 3.98. The summed E-state index contributed by atoms with van der Waals surface area (Å²) in [6.07, 6.45) is 9.31. The van der Waals surface area contributed by atoms with Gasteiger partial charge in [0.1, 0.15) is 18.0 Å². The zero-order chi connectivity index (χ0) is 25.1. The molecule has 1 aromatic heterocycles. The van der Waals surface area contributed by atoms with Crippen molar-refractivity contribution in [3.05, 3.63) is 48.0 Å². The van der Waals surface area contributed by atoms with Crippen LogP contribution in [0.15, 0.2) is 36.7 Å². The van der Waals surface area contributed by atoms with E-state index in [1.807, 2.05) is 12.1 Å². The molecule has 0 saturated carbocycles. The van der Waals surface area contributed by atoms with Gasteiger partial charge in [0.2, 0.25) is 0 Å². The number of terminal acetylenes is 1. The lowest BCUT2D eigenvalue weighted by atomic mass is 9.87. The second-order valence-corrected chi connectivity index (χ2v) is 9.51. The highest BCUT2D eigenvalue weighted by Crippen LogP contribution is 2.35. The van der Waals surface area contributed by atoms with Crippen molar-refractivity contribution in [1.82, 2.24) is 14.9 Å². The molecule has 0 aliphatic carbocycles. The first kappa shape index (κ1) is 24.3. The molecular formula is C28H31FN4O3. The van der Waals surface area contributed by atoms with Gasteiger partial charge in [-0.2, -0.15) is 0 Å². The minimum Gasteiger partial charge on any atom is -0.493 e. The number of methoxy groups -OCH3 is 1. The van der Waals surface area contributed by atoms with Gasteiger partial charge in [0.25, 0.3) is 0 Å². The summed E-state index contributed by atoms with van der Waals surface area (Å²) in [6, 6.07) is 8.23. The van der Waals surface area contributed by atoms with Gasteiger partial charge in [-0.25, -0.2) is 14.4 Å². The van der Waals surface area contributed by atoms with E-state index in [0.717, 1.165) is 50.4 Å². The van der Waals surface area contributed by atoms with E-state index in [1.165, 1.54) is 12.4 Å². The lowest BCUT2D eigenvalue weighted by Gasteiger charge is -2.30. The van der Waals surface area contributed by atoms with E-state index >= 15 is 0 Å². The van der Waals surface area contributed by atoms with E-state index in [1.54, 1.807) is 19.2 Å². The van der Waals surface area contributed by atoms with Crippen LogP contribution < -0.4 is 14.8 Å². The van der Waals surface area contributed by atoms with Gasteiger partial charge in [-0.3, -0.25) is 0 Å². The fraction of sp³-hybridized carbons (Fsp3) is 0.429. The Hall–Kier alpha value is -3.41. The average Bonchev–Trinajstić information content (AvgIpc) is 3.32. The van der Waals surface area contributed by atoms with Gasteiger partial charge >= 0.3 is 0 Å². The number of anilines is 2. The van der Waals surface area contributed by atoms with Gasteiger partial charge < -0.3 is 24.4 Å². The quantitative estimate of drug-likeness (QED) is 0.365. The maximum atomic E-state index is 13.8. The fourth-order valence-electron chi connectivity index (χ4n) is 5.16. The van der Waals surface area contributed by atoms with Crippen molar-refractivity contribution in [2.75, 3.05) is 45.3 Å². The zero-order valence-electron chi connectivity index (χ0n) is 20.7. The molecule has 1 N–H and O–H groups in total. The number of nitrogens with zero attached hydrogens (tertiary/aromatic N) is 3. The van der Waals surface area contributed by atoms with Crippen LogP contribution in [0.4, 0.5) is 15.9 Å². The van der Waals surface area contributed by atoms with Gasteiger partial charge in [0, 0.05) is 49.3 Å². The van der Waals surface area contributed by atoms with E-state index in [9.17, 15) is 4.39 Å². The molecule has 2 aliphatic heterocycles. The van der Waals surface area contributed by atoms with E-state index in [4.69, 9.17) is 20.6 Å². The van der Waals surface area contributed by atoms with E-state index in [-0.39, 0.29) is 5.56 Å². The Bertz CT molecular complexity index is 1280. The Kier molecular flexibility index (Phi) is 7.21. The van der Waals surface area contributed by atoms with Crippen LogP contribution in [0.25, 0.3) is 10.9 Å². The minimum atomic E-state index is -0.439. The Morgan fingerprint density at radius 1 is 1.22 bits per heavy atom. The Morgan fingerprint density at radius 2 is 2.11 bits per heavy atom. The number of ether oxygens (including phenoxy) is 3. The summed E-state index contributed by atoms with van der Waals surface area (Å²) >= 11 is 0. The molecule has 0 bridgehead atoms. The van der Waals surface area contributed by atoms with Crippen molar-refractivity contribution < 1.29 is 18.6 Å². The molecule has 2 aliphatic rings. The van der Waals surface area contributed by atoms with Gasteiger partial charge in [-0.15, -0.1) is 6.42 Å². The van der Waals surface area contributed by atoms with Crippen molar-refractivity contribution in [3.8, 4) is 23.8 Å². The molecule has 2 fully saturated rings. The number of hydrogen-bond donors (Lipinski definition) is 1. The minimum absolute atomic E-state index is 0.183. The number of likely N-dealkylation sites (tertiary alicyclic amines) is 1. The topological polar surface area (TPSA) is 68.7 Å². The van der Waals surface area contributed by atoms with Crippen LogP contribution in [0, 0.1) is 30.0 Å². The third-order valence-electron chi connectivity index (χ3n) is 7.20. The number of rotatable bonds is 8. The molecule has 36 heavy (non-hydrogen) atoms. The van der Waals surface area contributed by atoms with E-state index in [0.29, 0.717) is 47.1 Å². The van der Waals surface area contributed by atoms with E-state index < -0.39 is 5.82 Å². The Balaban J connectivity index is 1.27. The fourth-order valence-corrected chi connectivity index (χ4v) is 5.16. The van der Waals surface area contributed by atoms with Gasteiger partial charge in [-0.1, -0.05) is 12.8 Å². The monoisotopic (exact) mass is 490 g/mol. The standard InChI is InChI=1S/C28H31FN4O3/c1-4-19-12-20(6-7-23(19)29)32-28-21-13-26(25(34-3)14-24(21)30-17-31-28)35-10-5-9-33-15-22-18(2)8-11-36-27(22)16-33/h1,6-7,12-14,17-18,22,27H,5,8-11,15-16H2,2-3H3,(H,30,31,32). The molecule has 5 rings (SSSR count). The lowest BCUT2D eigenvalue weighted by Crippen LogP contribution is -2.33. The molecule has 3 unspecified atom stereocenters. The third kappa shape index (κ3) is 5.08. The molecule has 3 heterocycles. The van der Waals surface area contributed by atoms with Crippen molar-refractivity contribution in [1.29, 1.82) is 0 Å². The molecule has 2 aromatic carbocycles. The zero-order valence-corrected chi connectivity index (χ0v) is 20.7. The molecular weight excluding hydrogens is 459 g/mol. The molecule has 2 saturated heterocycles. The predicted octanol–water partition coefficient (Wildman–Crippen LogP) is 4.63. The second-order valence-electron chi connectivity index (χ2n) is 9.51. The summed E-state index contributed by atoms with van der Waals surface area (Å²) < 4.78 is 31.5. The molecule has 0 radical (unpaired) electrons. The smallest absolute Gasteiger partial charge is 0.162 e. The summed E-state index contributed by atoms with van der Waals surface area (Å²) in [4.78, 5) is 11.2. The summed E-state index contributed by atoms with van der Waals surface area (Å²) in [7, 11) is 1.61. The predicted molar refractivity (Wildman–Crippen MR) is 137 cm³/mol. The van der Waals surface area contributed by atoms with Crippen LogP contribution >= 0.6 is 0 Å². The molecule has 0 amide bonds. The summed E-state index contributed by atoms with van der Waals surface area (Å²) in [5.74, 6) is 5.08. The average molecular weight is 491 g/mol. The number of nitrogens with one attached hydrogen (secondary N) is 1. The number of fused-ring (bicyclic) bond motifs is 2. The maximum absolute atomic E-state index is 13.8. The van der Waals surface area contributed by atoms with Crippen LogP contribution in [0.3, 0.4) is 0 Å². The van der Waals surface area contributed by atoms with Crippen LogP contribution in [0.2, 0.25) is 0 Å². The highest BCUT2D eigenvalue weighted by molar-refractivity contribution is 5.93. The van der Waals surface area contributed by atoms with Gasteiger partial charge in [0.15, 0.2) is 11.5 Å². The highest BCUT2D eigenvalue weighted by Gasteiger charge is 2.38. The molecule has 7 nitrogen and oxygen atoms in total. The molecule has 3 atom stereocenters. The lowest BCUT2D eigenvalue weighted by molar-refractivity contribution is -0.0261. The van der Waals surface area contributed by atoms with Crippen molar-refractivity contribution in [2.24, 2.45) is 11.8 Å². The first-order valence-corrected chi connectivity index (χ1v) is 12.4. The largest absolute Gasteiger partial charge is 0.493 e. The first-order chi connectivity index (χ1) is 17.6. The van der Waals surface area contributed by atoms with Crippen LogP contribution in [0.1, 0.15) is 25.3 Å². The van der Waals surface area contributed by atoms with Gasteiger partial charge in [0.05, 0.1) is 30.9 Å². The van der Waals surface area contributed by atoms with Crippen LogP contribution in [-0.2, 0) is 4.74 Å². The second kappa shape index (κ2) is 10.7. The van der Waals surface area contributed by atoms with Crippen LogP contribution in [0.5, 0.6) is 11.5 Å². The SMILES string of the molecule is C#Cc1cc(Nc2ncnc3cc(OC)c(OCCCN4CC5OCCC(C)C5C4)cc23)ccc1F. The molecule has 188 valence electrons. The summed E-state index contributed by atoms with van der Waals surface area (Å²) in [6.45, 7) is 6.86.